The maximum Gasteiger partial charge on any atom is 0.258 e. The zero-order valence-corrected chi connectivity index (χ0v) is 15.7. The van der Waals surface area contributed by atoms with Crippen molar-refractivity contribution in [1.82, 2.24) is 5.32 Å². The second-order valence-electron chi connectivity index (χ2n) is 6.52. The Labute approximate surface area is 160 Å². The van der Waals surface area contributed by atoms with Crippen LogP contribution in [0.4, 0.5) is 0 Å². The average molecular weight is 371 g/mol. The molecule has 2 N–H and O–H groups in total. The van der Waals surface area contributed by atoms with E-state index in [9.17, 15) is 4.79 Å². The number of carbonyl (C=O) groups is 1. The van der Waals surface area contributed by atoms with Crippen LogP contribution < -0.4 is 19.7 Å². The summed E-state index contributed by atoms with van der Waals surface area (Å²) < 4.78 is 16.2. The molecule has 0 saturated carbocycles. The summed E-state index contributed by atoms with van der Waals surface area (Å²) in [5.74, 6) is 1.02. The van der Waals surface area contributed by atoms with Crippen molar-refractivity contribution in [2.24, 2.45) is 0 Å². The average Bonchev–Trinajstić information content (AvgIpc) is 2.72. The van der Waals surface area contributed by atoms with Crippen molar-refractivity contribution in [2.75, 3.05) is 40.0 Å². The maximum atomic E-state index is 12.2. The maximum absolute atomic E-state index is 12.2. The summed E-state index contributed by atoms with van der Waals surface area (Å²) in [5, 5.41) is 2.95. The number of ether oxygens (including phenoxy) is 3. The van der Waals surface area contributed by atoms with Crippen LogP contribution in [0.2, 0.25) is 0 Å². The molecule has 144 valence electrons. The van der Waals surface area contributed by atoms with Gasteiger partial charge in [-0.3, -0.25) is 4.79 Å². The van der Waals surface area contributed by atoms with E-state index in [2.05, 4.69) is 17.4 Å². The SMILES string of the molecule is COc1ccccc1OCC(=O)NCc1ccccc1C[NH+]1CCOCC1. The van der Waals surface area contributed by atoms with Gasteiger partial charge < -0.3 is 24.4 Å². The molecule has 1 saturated heterocycles. The Bertz CT molecular complexity index is 744. The summed E-state index contributed by atoms with van der Waals surface area (Å²) in [4.78, 5) is 13.7. The molecule has 0 unspecified atom stereocenters. The van der Waals surface area contributed by atoms with Crippen LogP contribution in [0.1, 0.15) is 11.1 Å². The van der Waals surface area contributed by atoms with Gasteiger partial charge in [0.1, 0.15) is 19.6 Å². The van der Waals surface area contributed by atoms with Crippen LogP contribution in [0, 0.1) is 0 Å². The lowest BCUT2D eigenvalue weighted by Gasteiger charge is -2.24. The predicted octanol–water partition coefficient (Wildman–Crippen LogP) is 0.806. The standard InChI is InChI=1S/C21H26N2O4/c1-25-19-8-4-5-9-20(19)27-16-21(24)22-14-17-6-2-3-7-18(17)15-23-10-12-26-13-11-23/h2-9H,10-16H2,1H3,(H,22,24)/p+1. The van der Waals surface area contributed by atoms with Gasteiger partial charge in [-0.1, -0.05) is 36.4 Å². The van der Waals surface area contributed by atoms with Crippen molar-refractivity contribution in [3.63, 3.8) is 0 Å². The molecule has 27 heavy (non-hydrogen) atoms. The largest absolute Gasteiger partial charge is 0.493 e. The van der Waals surface area contributed by atoms with Crippen molar-refractivity contribution in [2.45, 2.75) is 13.1 Å². The number of hydrogen-bond acceptors (Lipinski definition) is 4. The molecule has 1 amide bonds. The Kier molecular flexibility index (Phi) is 7.07. The van der Waals surface area contributed by atoms with Crippen molar-refractivity contribution in [3.05, 3.63) is 59.7 Å². The summed E-state index contributed by atoms with van der Waals surface area (Å²) in [7, 11) is 1.58. The molecule has 6 heteroatoms. The molecule has 1 fully saturated rings. The monoisotopic (exact) mass is 371 g/mol. The van der Waals surface area contributed by atoms with Gasteiger partial charge in [-0.15, -0.1) is 0 Å². The van der Waals surface area contributed by atoms with Crippen LogP contribution in [0.15, 0.2) is 48.5 Å². The topological polar surface area (TPSA) is 61.2 Å². The normalized spacial score (nSPS) is 14.6. The van der Waals surface area contributed by atoms with Gasteiger partial charge in [0.25, 0.3) is 5.91 Å². The van der Waals surface area contributed by atoms with Gasteiger partial charge in [-0.05, 0) is 17.7 Å². The molecule has 2 aromatic rings. The third kappa shape index (κ3) is 5.70. The number of quaternary nitrogens is 1. The van der Waals surface area contributed by atoms with E-state index in [1.807, 2.05) is 24.3 Å². The highest BCUT2D eigenvalue weighted by Crippen LogP contribution is 2.25. The van der Waals surface area contributed by atoms with Gasteiger partial charge in [0.2, 0.25) is 0 Å². The van der Waals surface area contributed by atoms with Crippen LogP contribution in [-0.4, -0.2) is 45.9 Å². The van der Waals surface area contributed by atoms with E-state index in [0.717, 1.165) is 38.4 Å². The Morgan fingerprint density at radius 3 is 2.44 bits per heavy atom. The minimum atomic E-state index is -0.158. The lowest BCUT2D eigenvalue weighted by molar-refractivity contribution is -0.921. The van der Waals surface area contributed by atoms with Crippen LogP contribution in [0.3, 0.4) is 0 Å². The highest BCUT2D eigenvalue weighted by molar-refractivity contribution is 5.77. The first-order valence-corrected chi connectivity index (χ1v) is 9.27. The highest BCUT2D eigenvalue weighted by Gasteiger charge is 2.16. The zero-order chi connectivity index (χ0) is 18.9. The first kappa shape index (κ1) is 19.2. The van der Waals surface area contributed by atoms with E-state index in [1.165, 1.54) is 10.5 Å². The summed E-state index contributed by atoms with van der Waals surface area (Å²) in [6.45, 7) is 5.07. The van der Waals surface area contributed by atoms with Crippen LogP contribution in [-0.2, 0) is 22.6 Å². The molecule has 2 aromatic carbocycles. The summed E-state index contributed by atoms with van der Waals surface area (Å²) in [6, 6.07) is 15.5. The van der Waals surface area contributed by atoms with Gasteiger partial charge in [0.05, 0.1) is 20.3 Å². The number of methoxy groups -OCH3 is 1. The Balaban J connectivity index is 1.51. The number of hydrogen-bond donors (Lipinski definition) is 2. The summed E-state index contributed by atoms with van der Waals surface area (Å²) in [5.41, 5.74) is 2.41. The Morgan fingerprint density at radius 2 is 1.70 bits per heavy atom. The third-order valence-electron chi connectivity index (χ3n) is 4.66. The molecule has 1 aliphatic rings. The minimum Gasteiger partial charge on any atom is -0.493 e. The van der Waals surface area contributed by atoms with Crippen LogP contribution in [0.5, 0.6) is 11.5 Å². The van der Waals surface area contributed by atoms with Crippen LogP contribution >= 0.6 is 0 Å². The molecule has 6 nitrogen and oxygen atoms in total. The molecule has 0 atom stereocenters. The van der Waals surface area contributed by atoms with E-state index in [0.29, 0.717) is 18.0 Å². The van der Waals surface area contributed by atoms with E-state index >= 15 is 0 Å². The molecule has 1 heterocycles. The van der Waals surface area contributed by atoms with Gasteiger partial charge in [0.15, 0.2) is 18.1 Å². The number of benzene rings is 2. The van der Waals surface area contributed by atoms with Gasteiger partial charge in [-0.2, -0.15) is 0 Å². The quantitative estimate of drug-likeness (QED) is 0.721. The fourth-order valence-corrected chi connectivity index (χ4v) is 3.13. The fraction of sp³-hybridized carbons (Fsp3) is 0.381. The number of amides is 1. The lowest BCUT2D eigenvalue weighted by Crippen LogP contribution is -3.12. The minimum absolute atomic E-state index is 0.0444. The third-order valence-corrected chi connectivity index (χ3v) is 4.66. The Morgan fingerprint density at radius 1 is 1.04 bits per heavy atom. The second-order valence-corrected chi connectivity index (χ2v) is 6.52. The second kappa shape index (κ2) is 9.94. The Hall–Kier alpha value is -2.57. The highest BCUT2D eigenvalue weighted by atomic mass is 16.5. The number of para-hydroxylation sites is 2. The molecule has 0 aliphatic carbocycles. The molecule has 3 rings (SSSR count). The van der Waals surface area contributed by atoms with E-state index in [1.54, 1.807) is 19.2 Å². The van der Waals surface area contributed by atoms with Crippen molar-refractivity contribution < 1.29 is 23.9 Å². The summed E-state index contributed by atoms with van der Waals surface area (Å²) >= 11 is 0. The molecule has 0 bridgehead atoms. The van der Waals surface area contributed by atoms with Gasteiger partial charge in [-0.25, -0.2) is 0 Å². The number of morpholine rings is 1. The van der Waals surface area contributed by atoms with Gasteiger partial charge in [0, 0.05) is 12.1 Å². The number of carbonyl (C=O) groups excluding carboxylic acids is 1. The molecule has 0 spiro atoms. The lowest BCUT2D eigenvalue weighted by atomic mass is 10.1. The molecule has 0 radical (unpaired) electrons. The predicted molar refractivity (Wildman–Crippen MR) is 102 cm³/mol. The molecule has 1 aliphatic heterocycles. The van der Waals surface area contributed by atoms with Gasteiger partial charge >= 0.3 is 0 Å². The first-order valence-electron chi connectivity index (χ1n) is 9.27. The van der Waals surface area contributed by atoms with E-state index in [-0.39, 0.29) is 12.5 Å². The number of rotatable bonds is 8. The molecular weight excluding hydrogens is 344 g/mol. The smallest absolute Gasteiger partial charge is 0.258 e. The number of nitrogens with one attached hydrogen (secondary N) is 2. The zero-order valence-electron chi connectivity index (χ0n) is 15.7. The van der Waals surface area contributed by atoms with Crippen molar-refractivity contribution >= 4 is 5.91 Å². The summed E-state index contributed by atoms with van der Waals surface area (Å²) in [6.07, 6.45) is 0. The fourth-order valence-electron chi connectivity index (χ4n) is 3.13. The van der Waals surface area contributed by atoms with E-state index in [4.69, 9.17) is 14.2 Å². The molecular formula is C21H27N2O4+. The van der Waals surface area contributed by atoms with Crippen molar-refractivity contribution in [1.29, 1.82) is 0 Å². The van der Waals surface area contributed by atoms with E-state index < -0.39 is 0 Å². The van der Waals surface area contributed by atoms with Crippen LogP contribution in [0.25, 0.3) is 0 Å². The molecule has 0 aromatic heterocycles. The van der Waals surface area contributed by atoms with Crippen molar-refractivity contribution in [3.8, 4) is 11.5 Å². The first-order chi connectivity index (χ1) is 13.3.